The number of Topliss-reactive ketones (excluding diaryl/α,β-unsaturated/α-hetero) is 1. The van der Waals surface area contributed by atoms with Gasteiger partial charge in [0.2, 0.25) is 0 Å². The molecule has 0 amide bonds. The van der Waals surface area contributed by atoms with Crippen molar-refractivity contribution in [3.63, 3.8) is 0 Å². The SMILES string of the molecule is CN/C(S/C(C=O)=C\c1ccc2c(c1)N(CCC(C)C)CCO2)=C1/CNC2(CC2)C1=O. The Morgan fingerprint density at radius 2 is 2.19 bits per heavy atom. The number of ether oxygens (including phenoxy) is 1. The van der Waals surface area contributed by atoms with Crippen LogP contribution < -0.4 is 20.3 Å². The second-order valence-electron chi connectivity index (χ2n) is 8.83. The first-order valence-electron chi connectivity index (χ1n) is 11.0. The molecule has 1 aromatic rings. The Balaban J connectivity index is 1.56. The number of nitrogens with zero attached hydrogens (tertiary/aromatic N) is 1. The van der Waals surface area contributed by atoms with Crippen LogP contribution in [0.4, 0.5) is 5.69 Å². The van der Waals surface area contributed by atoms with E-state index in [0.29, 0.717) is 24.0 Å². The number of anilines is 1. The molecule has 1 saturated carbocycles. The fourth-order valence-electron chi connectivity index (χ4n) is 4.08. The lowest BCUT2D eigenvalue weighted by Crippen LogP contribution is -2.34. The Hall–Kier alpha value is -2.25. The van der Waals surface area contributed by atoms with Crippen molar-refractivity contribution in [1.29, 1.82) is 0 Å². The summed E-state index contributed by atoms with van der Waals surface area (Å²) in [5.74, 6) is 1.70. The van der Waals surface area contributed by atoms with Crippen LogP contribution in [0.2, 0.25) is 0 Å². The molecule has 0 atom stereocenters. The third-order valence-corrected chi connectivity index (χ3v) is 7.23. The third-order valence-electron chi connectivity index (χ3n) is 6.13. The molecule has 0 radical (unpaired) electrons. The molecule has 1 spiro atoms. The second kappa shape index (κ2) is 9.09. The molecule has 1 aliphatic carbocycles. The summed E-state index contributed by atoms with van der Waals surface area (Å²) in [5, 5.41) is 7.21. The van der Waals surface area contributed by atoms with Gasteiger partial charge in [0.1, 0.15) is 12.4 Å². The van der Waals surface area contributed by atoms with Crippen molar-refractivity contribution in [1.82, 2.24) is 10.6 Å². The Bertz CT molecular complexity index is 934. The number of benzene rings is 1. The highest BCUT2D eigenvalue weighted by molar-refractivity contribution is 8.07. The third kappa shape index (κ3) is 4.67. The van der Waals surface area contributed by atoms with Crippen molar-refractivity contribution in [3.05, 3.63) is 39.3 Å². The highest BCUT2D eigenvalue weighted by atomic mass is 32.2. The molecule has 166 valence electrons. The highest BCUT2D eigenvalue weighted by Gasteiger charge is 2.54. The van der Waals surface area contributed by atoms with E-state index in [9.17, 15) is 9.59 Å². The number of carbonyl (C=O) groups excluding carboxylic acids is 2. The smallest absolute Gasteiger partial charge is 0.182 e. The molecule has 7 heteroatoms. The van der Waals surface area contributed by atoms with Gasteiger partial charge in [-0.15, -0.1) is 0 Å². The maximum absolute atomic E-state index is 12.7. The number of allylic oxidation sites excluding steroid dienone is 1. The fraction of sp³-hybridized carbons (Fsp3) is 0.500. The fourth-order valence-corrected chi connectivity index (χ4v) is 4.95. The average molecular weight is 442 g/mol. The lowest BCUT2D eigenvalue weighted by molar-refractivity contribution is -0.116. The minimum absolute atomic E-state index is 0.168. The maximum Gasteiger partial charge on any atom is 0.182 e. The molecule has 0 bridgehead atoms. The van der Waals surface area contributed by atoms with Gasteiger partial charge in [0.25, 0.3) is 0 Å². The minimum atomic E-state index is -0.332. The van der Waals surface area contributed by atoms with Gasteiger partial charge in [-0.25, -0.2) is 0 Å². The molecule has 4 rings (SSSR count). The van der Waals surface area contributed by atoms with Crippen LogP contribution in [0.5, 0.6) is 5.75 Å². The van der Waals surface area contributed by atoms with Crippen LogP contribution in [0.1, 0.15) is 38.7 Å². The molecule has 3 aliphatic rings. The van der Waals surface area contributed by atoms with Gasteiger partial charge in [-0.05, 0) is 49.0 Å². The molecular weight excluding hydrogens is 410 g/mol. The number of fused-ring (bicyclic) bond motifs is 1. The molecule has 31 heavy (non-hydrogen) atoms. The number of aldehydes is 1. The summed E-state index contributed by atoms with van der Waals surface area (Å²) < 4.78 is 5.83. The normalized spacial score (nSPS) is 21.2. The molecule has 0 aromatic heterocycles. The van der Waals surface area contributed by atoms with Crippen LogP contribution in [0.3, 0.4) is 0 Å². The van der Waals surface area contributed by atoms with Crippen molar-refractivity contribution >= 4 is 35.6 Å². The Labute approximate surface area is 188 Å². The molecule has 1 aromatic carbocycles. The Morgan fingerprint density at radius 3 is 2.84 bits per heavy atom. The summed E-state index contributed by atoms with van der Waals surface area (Å²) in [6.07, 6.45) is 5.66. The average Bonchev–Trinajstić information content (AvgIpc) is 3.49. The summed E-state index contributed by atoms with van der Waals surface area (Å²) in [6, 6.07) is 6.05. The van der Waals surface area contributed by atoms with Crippen molar-refractivity contribution < 1.29 is 14.3 Å². The highest BCUT2D eigenvalue weighted by Crippen LogP contribution is 2.43. The van der Waals surface area contributed by atoms with Gasteiger partial charge >= 0.3 is 0 Å². The van der Waals surface area contributed by atoms with Gasteiger partial charge in [-0.1, -0.05) is 31.7 Å². The number of rotatable bonds is 8. The number of thioether (sulfide) groups is 1. The predicted octanol–water partition coefficient (Wildman–Crippen LogP) is 3.34. The maximum atomic E-state index is 12.7. The largest absolute Gasteiger partial charge is 0.490 e. The zero-order chi connectivity index (χ0) is 22.0. The molecule has 1 saturated heterocycles. The molecular formula is C24H31N3O3S. The summed E-state index contributed by atoms with van der Waals surface area (Å²) in [7, 11) is 1.80. The Morgan fingerprint density at radius 1 is 1.39 bits per heavy atom. The van der Waals surface area contributed by atoms with E-state index in [-0.39, 0.29) is 11.3 Å². The van der Waals surface area contributed by atoms with Crippen molar-refractivity contribution in [3.8, 4) is 5.75 Å². The number of carbonyl (C=O) groups is 2. The topological polar surface area (TPSA) is 70.7 Å². The minimum Gasteiger partial charge on any atom is -0.490 e. The van der Waals surface area contributed by atoms with Crippen molar-refractivity contribution in [2.45, 2.75) is 38.6 Å². The van der Waals surface area contributed by atoms with Gasteiger partial charge in [0.15, 0.2) is 12.1 Å². The molecule has 2 aliphatic heterocycles. The van der Waals surface area contributed by atoms with Gasteiger partial charge < -0.3 is 20.3 Å². The van der Waals surface area contributed by atoms with Crippen molar-refractivity contribution in [2.24, 2.45) is 5.92 Å². The second-order valence-corrected chi connectivity index (χ2v) is 9.92. The molecule has 2 heterocycles. The van der Waals surface area contributed by atoms with Crippen LogP contribution in [0.15, 0.2) is 33.7 Å². The number of hydrogen-bond acceptors (Lipinski definition) is 7. The number of nitrogens with one attached hydrogen (secondary N) is 2. The number of ketones is 1. The summed E-state index contributed by atoms with van der Waals surface area (Å²) >= 11 is 1.32. The van der Waals surface area contributed by atoms with E-state index in [2.05, 4.69) is 35.4 Å². The number of hydrogen-bond donors (Lipinski definition) is 2. The molecule has 2 N–H and O–H groups in total. The van der Waals surface area contributed by atoms with E-state index in [1.807, 2.05) is 18.2 Å². The van der Waals surface area contributed by atoms with Crippen LogP contribution in [-0.2, 0) is 9.59 Å². The summed E-state index contributed by atoms with van der Waals surface area (Å²) in [5.41, 5.74) is 2.44. The monoisotopic (exact) mass is 441 g/mol. The molecule has 6 nitrogen and oxygen atoms in total. The van der Waals surface area contributed by atoms with Crippen LogP contribution in [-0.4, -0.2) is 50.9 Å². The van der Waals surface area contributed by atoms with Crippen LogP contribution in [0.25, 0.3) is 6.08 Å². The van der Waals surface area contributed by atoms with E-state index in [4.69, 9.17) is 4.74 Å². The first-order valence-corrected chi connectivity index (χ1v) is 11.8. The van der Waals surface area contributed by atoms with Crippen molar-refractivity contribution in [2.75, 3.05) is 38.2 Å². The lowest BCUT2D eigenvalue weighted by Gasteiger charge is -2.32. The van der Waals surface area contributed by atoms with E-state index >= 15 is 0 Å². The van der Waals surface area contributed by atoms with Crippen LogP contribution >= 0.6 is 11.8 Å². The van der Waals surface area contributed by atoms with Gasteiger partial charge in [0, 0.05) is 25.7 Å². The molecule has 0 unspecified atom stereocenters. The predicted molar refractivity (Wildman–Crippen MR) is 126 cm³/mol. The van der Waals surface area contributed by atoms with E-state index in [0.717, 1.165) is 66.2 Å². The first kappa shape index (κ1) is 22.0. The van der Waals surface area contributed by atoms with Gasteiger partial charge in [0.05, 0.1) is 27.7 Å². The van der Waals surface area contributed by atoms with Crippen LogP contribution in [0, 0.1) is 5.92 Å². The lowest BCUT2D eigenvalue weighted by atomic mass is 10.1. The van der Waals surface area contributed by atoms with E-state index < -0.39 is 0 Å². The quantitative estimate of drug-likeness (QED) is 0.474. The van der Waals surface area contributed by atoms with Gasteiger partial charge in [-0.2, -0.15) is 0 Å². The molecule has 2 fully saturated rings. The zero-order valence-corrected chi connectivity index (χ0v) is 19.3. The van der Waals surface area contributed by atoms with Gasteiger partial charge in [-0.3, -0.25) is 9.59 Å². The summed E-state index contributed by atoms with van der Waals surface area (Å²) in [6.45, 7) is 7.57. The zero-order valence-electron chi connectivity index (χ0n) is 18.5. The first-order chi connectivity index (χ1) is 15.0. The summed E-state index contributed by atoms with van der Waals surface area (Å²) in [4.78, 5) is 27.5. The standard InChI is InChI=1S/C24H31N3O3S/c1-16(2)6-9-27-10-11-30-21-5-4-17(13-20(21)27)12-18(15-28)31-23(25-3)19-14-26-24(7-8-24)22(19)29/h4-5,12-13,15-16,25-26H,6-11,14H2,1-3H3/b18-12-,23-19+. The van der Waals surface area contributed by atoms with E-state index in [1.165, 1.54) is 11.8 Å². The Kier molecular flexibility index (Phi) is 6.44. The van der Waals surface area contributed by atoms with E-state index in [1.54, 1.807) is 7.05 Å².